The minimum Gasteiger partial charge on any atom is -0.490 e. The standard InChI is InChI=1S/C22H26F2N2O5S/c1-2-30-20-15-16(7-12-19(20)31-22(23)24)21(27)25-17-8-10-18(11-9-17)32(28,29)26-13-5-3-4-6-14-26/h7-12,15,22H,2-6,13-14H2,1H3,(H,25,27). The van der Waals surface area contributed by atoms with Crippen molar-refractivity contribution in [1.82, 2.24) is 4.31 Å². The summed E-state index contributed by atoms with van der Waals surface area (Å²) in [5.41, 5.74) is 0.576. The Morgan fingerprint density at radius 1 is 1.03 bits per heavy atom. The number of rotatable bonds is 8. The van der Waals surface area contributed by atoms with Gasteiger partial charge in [-0.15, -0.1) is 0 Å². The van der Waals surface area contributed by atoms with Crippen molar-refractivity contribution in [3.05, 3.63) is 48.0 Å². The van der Waals surface area contributed by atoms with Crippen molar-refractivity contribution in [1.29, 1.82) is 0 Å². The predicted octanol–water partition coefficient (Wildman–Crippen LogP) is 4.50. The van der Waals surface area contributed by atoms with E-state index in [1.165, 1.54) is 46.8 Å². The molecule has 7 nitrogen and oxygen atoms in total. The van der Waals surface area contributed by atoms with Crippen LogP contribution in [-0.4, -0.2) is 44.9 Å². The molecule has 1 fully saturated rings. The van der Waals surface area contributed by atoms with E-state index in [1.807, 2.05) is 0 Å². The van der Waals surface area contributed by atoms with Gasteiger partial charge in [0.25, 0.3) is 5.91 Å². The molecule has 1 saturated heterocycles. The SMILES string of the molecule is CCOc1cc(C(=O)Nc2ccc(S(=O)(=O)N3CCCCCC3)cc2)ccc1OC(F)F. The van der Waals surface area contributed by atoms with E-state index in [4.69, 9.17) is 4.74 Å². The second kappa shape index (κ2) is 10.7. The van der Waals surface area contributed by atoms with Gasteiger partial charge in [-0.2, -0.15) is 13.1 Å². The van der Waals surface area contributed by atoms with Crippen LogP contribution in [0, 0.1) is 0 Å². The number of halogens is 2. The summed E-state index contributed by atoms with van der Waals surface area (Å²) < 4.78 is 62.0. The fraction of sp³-hybridized carbons (Fsp3) is 0.409. The molecule has 1 aliphatic rings. The van der Waals surface area contributed by atoms with Gasteiger partial charge < -0.3 is 14.8 Å². The molecule has 32 heavy (non-hydrogen) atoms. The molecule has 1 aliphatic heterocycles. The highest BCUT2D eigenvalue weighted by Crippen LogP contribution is 2.30. The molecule has 0 aromatic heterocycles. The van der Waals surface area contributed by atoms with Gasteiger partial charge in [0.2, 0.25) is 10.0 Å². The third-order valence-corrected chi connectivity index (χ3v) is 6.95. The third kappa shape index (κ3) is 5.95. The minimum absolute atomic E-state index is 0.0272. The summed E-state index contributed by atoms with van der Waals surface area (Å²) in [7, 11) is -3.58. The van der Waals surface area contributed by atoms with Gasteiger partial charge in [-0.05, 0) is 62.2 Å². The largest absolute Gasteiger partial charge is 0.490 e. The van der Waals surface area contributed by atoms with Gasteiger partial charge in [-0.25, -0.2) is 8.42 Å². The molecular weight excluding hydrogens is 442 g/mol. The highest BCUT2D eigenvalue weighted by molar-refractivity contribution is 7.89. The number of hydrogen-bond donors (Lipinski definition) is 1. The van der Waals surface area contributed by atoms with Crippen molar-refractivity contribution in [2.24, 2.45) is 0 Å². The van der Waals surface area contributed by atoms with E-state index in [-0.39, 0.29) is 28.6 Å². The average Bonchev–Trinajstić information content (AvgIpc) is 3.05. The van der Waals surface area contributed by atoms with Gasteiger partial charge in [0.15, 0.2) is 11.5 Å². The summed E-state index contributed by atoms with van der Waals surface area (Å²) in [6.45, 7) is -0.113. The van der Waals surface area contributed by atoms with Crippen LogP contribution in [0.4, 0.5) is 14.5 Å². The maximum absolute atomic E-state index is 12.9. The van der Waals surface area contributed by atoms with E-state index in [0.29, 0.717) is 18.8 Å². The van der Waals surface area contributed by atoms with Gasteiger partial charge in [0.05, 0.1) is 11.5 Å². The van der Waals surface area contributed by atoms with Crippen LogP contribution in [0.5, 0.6) is 11.5 Å². The molecule has 3 rings (SSSR count). The molecule has 10 heteroatoms. The molecular formula is C22H26F2N2O5S. The first-order valence-corrected chi connectivity index (χ1v) is 11.9. The zero-order valence-electron chi connectivity index (χ0n) is 17.7. The lowest BCUT2D eigenvalue weighted by Gasteiger charge is -2.20. The lowest BCUT2D eigenvalue weighted by Crippen LogP contribution is -2.31. The normalized spacial score (nSPS) is 15.2. The van der Waals surface area contributed by atoms with Crippen LogP contribution < -0.4 is 14.8 Å². The van der Waals surface area contributed by atoms with Gasteiger partial charge >= 0.3 is 6.61 Å². The molecule has 0 saturated carbocycles. The number of sulfonamides is 1. The Labute approximate surface area is 186 Å². The molecule has 2 aromatic rings. The number of amides is 1. The zero-order chi connectivity index (χ0) is 23.1. The smallest absolute Gasteiger partial charge is 0.387 e. The Hall–Kier alpha value is -2.72. The molecule has 2 aromatic carbocycles. The Morgan fingerprint density at radius 2 is 1.69 bits per heavy atom. The summed E-state index contributed by atoms with van der Waals surface area (Å²) in [5.74, 6) is -0.640. The fourth-order valence-corrected chi connectivity index (χ4v) is 4.97. The van der Waals surface area contributed by atoms with Crippen molar-refractivity contribution in [3.8, 4) is 11.5 Å². The van der Waals surface area contributed by atoms with Crippen molar-refractivity contribution in [3.63, 3.8) is 0 Å². The van der Waals surface area contributed by atoms with E-state index < -0.39 is 22.5 Å². The van der Waals surface area contributed by atoms with Crippen molar-refractivity contribution < 1.29 is 31.5 Å². The van der Waals surface area contributed by atoms with E-state index in [0.717, 1.165) is 25.7 Å². The molecule has 0 bridgehead atoms. The van der Waals surface area contributed by atoms with E-state index in [9.17, 15) is 22.0 Å². The van der Waals surface area contributed by atoms with Crippen LogP contribution in [0.3, 0.4) is 0 Å². The van der Waals surface area contributed by atoms with Crippen molar-refractivity contribution in [2.75, 3.05) is 25.0 Å². The summed E-state index contributed by atoms with van der Waals surface area (Å²) in [4.78, 5) is 12.8. The Morgan fingerprint density at radius 3 is 2.28 bits per heavy atom. The second-order valence-corrected chi connectivity index (χ2v) is 9.21. The highest BCUT2D eigenvalue weighted by Gasteiger charge is 2.25. The maximum atomic E-state index is 12.9. The van der Waals surface area contributed by atoms with Gasteiger partial charge in [0, 0.05) is 24.3 Å². The number of alkyl halides is 2. The lowest BCUT2D eigenvalue weighted by molar-refractivity contribution is -0.0514. The first-order valence-electron chi connectivity index (χ1n) is 10.4. The van der Waals surface area contributed by atoms with Crippen molar-refractivity contribution >= 4 is 21.6 Å². The first kappa shape index (κ1) is 23.9. The average molecular weight is 469 g/mol. The van der Waals surface area contributed by atoms with Crippen LogP contribution in [0.25, 0.3) is 0 Å². The molecule has 1 heterocycles. The first-order chi connectivity index (χ1) is 15.3. The molecule has 0 atom stereocenters. The van der Waals surface area contributed by atoms with Crippen molar-refractivity contribution in [2.45, 2.75) is 44.1 Å². The zero-order valence-corrected chi connectivity index (χ0v) is 18.5. The van der Waals surface area contributed by atoms with Gasteiger partial charge in [-0.3, -0.25) is 4.79 Å². The quantitative estimate of drug-likeness (QED) is 0.617. The topological polar surface area (TPSA) is 84.9 Å². The van der Waals surface area contributed by atoms with Crippen LogP contribution in [-0.2, 0) is 10.0 Å². The number of carbonyl (C=O) groups is 1. The predicted molar refractivity (Wildman–Crippen MR) is 116 cm³/mol. The van der Waals surface area contributed by atoms with Gasteiger partial charge in [0.1, 0.15) is 0 Å². The van der Waals surface area contributed by atoms with E-state index >= 15 is 0 Å². The molecule has 0 spiro atoms. The number of hydrogen-bond acceptors (Lipinski definition) is 5. The van der Waals surface area contributed by atoms with Gasteiger partial charge in [-0.1, -0.05) is 12.8 Å². The summed E-state index contributed by atoms with van der Waals surface area (Å²) in [5, 5.41) is 2.66. The Balaban J connectivity index is 1.72. The monoisotopic (exact) mass is 468 g/mol. The third-order valence-electron chi connectivity index (χ3n) is 5.04. The highest BCUT2D eigenvalue weighted by atomic mass is 32.2. The summed E-state index contributed by atoms with van der Waals surface area (Å²) in [6, 6.07) is 9.84. The van der Waals surface area contributed by atoms with E-state index in [1.54, 1.807) is 6.92 Å². The molecule has 0 aliphatic carbocycles. The Kier molecular flexibility index (Phi) is 8.03. The molecule has 0 unspecified atom stereocenters. The molecule has 1 N–H and O–H groups in total. The Bertz CT molecular complexity index is 1020. The van der Waals surface area contributed by atoms with Crippen LogP contribution in [0.1, 0.15) is 43.0 Å². The molecule has 0 radical (unpaired) electrons. The number of ether oxygens (including phenoxy) is 2. The maximum Gasteiger partial charge on any atom is 0.387 e. The minimum atomic E-state index is -3.58. The summed E-state index contributed by atoms with van der Waals surface area (Å²) >= 11 is 0. The number of benzene rings is 2. The van der Waals surface area contributed by atoms with E-state index in [2.05, 4.69) is 10.1 Å². The second-order valence-electron chi connectivity index (χ2n) is 7.27. The molecule has 1 amide bonds. The lowest BCUT2D eigenvalue weighted by atomic mass is 10.2. The number of nitrogens with one attached hydrogen (secondary N) is 1. The fourth-order valence-electron chi connectivity index (χ4n) is 3.46. The number of anilines is 1. The van der Waals surface area contributed by atoms with Crippen LogP contribution in [0.15, 0.2) is 47.4 Å². The summed E-state index contributed by atoms with van der Waals surface area (Å²) in [6.07, 6.45) is 3.74. The number of nitrogens with zero attached hydrogens (tertiary/aromatic N) is 1. The number of carbonyl (C=O) groups excluding carboxylic acids is 1. The molecule has 174 valence electrons. The van der Waals surface area contributed by atoms with Crippen LogP contribution in [0.2, 0.25) is 0 Å². The van der Waals surface area contributed by atoms with Crippen LogP contribution >= 0.6 is 0 Å².